The van der Waals surface area contributed by atoms with Crippen molar-refractivity contribution in [3.63, 3.8) is 0 Å². The summed E-state index contributed by atoms with van der Waals surface area (Å²) in [6.45, 7) is 2.28. The molecule has 1 aliphatic rings. The van der Waals surface area contributed by atoms with E-state index in [1.165, 1.54) is 25.8 Å². The van der Waals surface area contributed by atoms with E-state index in [2.05, 4.69) is 16.3 Å². The molecule has 1 unspecified atom stereocenters. The second-order valence-electron chi connectivity index (χ2n) is 9.21. The number of rotatable bonds is 9. The zero-order chi connectivity index (χ0) is 26.8. The van der Waals surface area contributed by atoms with Gasteiger partial charge in [-0.05, 0) is 65.6 Å². The largest absolute Gasteiger partial charge is 0.494 e. The number of methoxy groups -OCH3 is 2. The Kier molecular flexibility index (Phi) is 12.0. The minimum atomic E-state index is -0.327. The minimum Gasteiger partial charge on any atom is -0.494 e. The first kappa shape index (κ1) is 29.9. The van der Waals surface area contributed by atoms with Crippen molar-refractivity contribution in [2.45, 2.75) is 19.3 Å². The summed E-state index contributed by atoms with van der Waals surface area (Å²) in [5.74, 6) is 0.693. The lowest BCUT2D eigenvalue weighted by molar-refractivity contribution is 0.0876. The number of hydrogen-bond acceptors (Lipinski definition) is 6. The van der Waals surface area contributed by atoms with Crippen LogP contribution < -0.4 is 14.8 Å². The van der Waals surface area contributed by atoms with E-state index in [1.807, 2.05) is 51.3 Å². The van der Waals surface area contributed by atoms with Crippen LogP contribution in [0.4, 0.5) is 0 Å². The summed E-state index contributed by atoms with van der Waals surface area (Å²) in [5.41, 5.74) is 2.37. The lowest BCUT2D eigenvalue weighted by Crippen LogP contribution is -2.31. The van der Waals surface area contributed by atoms with Crippen molar-refractivity contribution in [3.05, 3.63) is 57.1 Å². The van der Waals surface area contributed by atoms with Gasteiger partial charge in [0.15, 0.2) is 17.3 Å². The molecule has 0 bridgehead atoms. The Morgan fingerprint density at radius 2 is 1.64 bits per heavy atom. The van der Waals surface area contributed by atoms with Crippen molar-refractivity contribution >= 4 is 34.9 Å². The van der Waals surface area contributed by atoms with E-state index in [4.69, 9.17) is 32.7 Å². The third-order valence-corrected chi connectivity index (χ3v) is 6.41. The monoisotopic (exact) mass is 537 g/mol. The van der Waals surface area contributed by atoms with Crippen molar-refractivity contribution in [3.8, 4) is 11.5 Å². The molecule has 1 amide bonds. The molecule has 2 aromatic carbocycles. The van der Waals surface area contributed by atoms with Crippen LogP contribution in [-0.4, -0.2) is 83.5 Å². The van der Waals surface area contributed by atoms with E-state index < -0.39 is 0 Å². The molecule has 0 spiro atoms. The van der Waals surface area contributed by atoms with Gasteiger partial charge in [-0.1, -0.05) is 47.5 Å². The summed E-state index contributed by atoms with van der Waals surface area (Å²) < 4.78 is 10.4. The van der Waals surface area contributed by atoms with Gasteiger partial charge < -0.3 is 24.6 Å². The number of ketones is 1. The molecule has 7 nitrogen and oxygen atoms in total. The normalized spacial score (nSPS) is 14.7. The van der Waals surface area contributed by atoms with Crippen LogP contribution in [0.5, 0.6) is 11.5 Å². The number of amides is 1. The summed E-state index contributed by atoms with van der Waals surface area (Å²) in [7, 11) is 10.9. The molecule has 1 N–H and O–H groups in total. The van der Waals surface area contributed by atoms with Gasteiger partial charge in [-0.15, -0.1) is 0 Å². The van der Waals surface area contributed by atoms with E-state index in [9.17, 15) is 9.59 Å². The van der Waals surface area contributed by atoms with Gasteiger partial charge >= 0.3 is 0 Å². The molecule has 9 heteroatoms. The smallest absolute Gasteiger partial charge is 0.258 e. The molecule has 36 heavy (non-hydrogen) atoms. The number of benzene rings is 2. The van der Waals surface area contributed by atoms with Crippen molar-refractivity contribution in [2.24, 2.45) is 5.92 Å². The molecule has 0 aromatic heterocycles. The highest BCUT2D eigenvalue weighted by Gasteiger charge is 2.27. The predicted octanol–water partition coefficient (Wildman–Crippen LogP) is 4.69. The SMILES string of the molecule is CN(C)CC1CCc2ccccc2C1=O.COc1c(Cl)cc(Cl)c(OC)c1C(=O)NCCCN(C)C. The summed E-state index contributed by atoms with van der Waals surface area (Å²) in [5, 5.41) is 3.35. The Morgan fingerprint density at radius 3 is 2.19 bits per heavy atom. The Hall–Kier alpha value is -2.32. The number of nitrogens with zero attached hydrogens (tertiary/aromatic N) is 2. The van der Waals surface area contributed by atoms with E-state index in [-0.39, 0.29) is 38.9 Å². The number of halogens is 2. The second-order valence-corrected chi connectivity index (χ2v) is 10.0. The number of carbonyl (C=O) groups is 2. The zero-order valence-electron chi connectivity index (χ0n) is 22.0. The molecular formula is C27H37Cl2N3O4. The Bertz CT molecular complexity index is 1020. The molecule has 2 aromatic rings. The van der Waals surface area contributed by atoms with Gasteiger partial charge in [0.25, 0.3) is 5.91 Å². The van der Waals surface area contributed by atoms with Crippen LogP contribution in [0.2, 0.25) is 10.0 Å². The molecule has 0 radical (unpaired) electrons. The topological polar surface area (TPSA) is 71.1 Å². The summed E-state index contributed by atoms with van der Waals surface area (Å²) in [6, 6.07) is 9.48. The Morgan fingerprint density at radius 1 is 1.03 bits per heavy atom. The first-order chi connectivity index (χ1) is 17.1. The fraction of sp³-hybridized carbons (Fsp3) is 0.481. The first-order valence-electron chi connectivity index (χ1n) is 11.9. The molecule has 0 fully saturated rings. The maximum atomic E-state index is 12.4. The molecule has 3 rings (SSSR count). The Balaban J connectivity index is 0.000000267. The lowest BCUT2D eigenvalue weighted by Gasteiger charge is -2.25. The lowest BCUT2D eigenvalue weighted by atomic mass is 9.82. The number of carbonyl (C=O) groups excluding carboxylic acids is 2. The van der Waals surface area contributed by atoms with Crippen molar-refractivity contribution in [2.75, 3.05) is 62.0 Å². The molecule has 1 aliphatic carbocycles. The molecule has 0 saturated carbocycles. The number of nitrogens with one attached hydrogen (secondary N) is 1. The maximum absolute atomic E-state index is 12.4. The standard InChI is InChI=1S/C14H20Cl2N2O3.C13H17NO/c1-18(2)7-5-6-17-14(19)11-12(20-3)9(15)8-10(16)13(11)21-4;1-14(2)9-11-8-7-10-5-3-4-6-12(10)13(11)15/h8H,5-7H2,1-4H3,(H,17,19);3-6,11H,7-9H2,1-2H3. The molecule has 0 aliphatic heterocycles. The third kappa shape index (κ3) is 8.10. The van der Waals surface area contributed by atoms with Crippen LogP contribution in [-0.2, 0) is 6.42 Å². The van der Waals surface area contributed by atoms with Crippen LogP contribution in [0.1, 0.15) is 39.1 Å². The van der Waals surface area contributed by atoms with Gasteiger partial charge in [-0.2, -0.15) is 0 Å². The van der Waals surface area contributed by atoms with E-state index in [0.717, 1.165) is 37.9 Å². The highest BCUT2D eigenvalue weighted by atomic mass is 35.5. The highest BCUT2D eigenvalue weighted by Crippen LogP contribution is 2.40. The van der Waals surface area contributed by atoms with E-state index in [1.54, 1.807) is 0 Å². The van der Waals surface area contributed by atoms with Crippen LogP contribution in [0.3, 0.4) is 0 Å². The van der Waals surface area contributed by atoms with Gasteiger partial charge in [-0.3, -0.25) is 9.59 Å². The fourth-order valence-electron chi connectivity index (χ4n) is 4.15. The predicted molar refractivity (Wildman–Crippen MR) is 146 cm³/mol. The quantitative estimate of drug-likeness (QED) is 0.468. The highest BCUT2D eigenvalue weighted by molar-refractivity contribution is 6.37. The van der Waals surface area contributed by atoms with Gasteiger partial charge in [0, 0.05) is 24.6 Å². The van der Waals surface area contributed by atoms with Crippen molar-refractivity contribution < 1.29 is 19.1 Å². The number of ether oxygens (including phenoxy) is 2. The molecule has 0 saturated heterocycles. The molecular weight excluding hydrogens is 501 g/mol. The average molecular weight is 539 g/mol. The summed E-state index contributed by atoms with van der Waals surface area (Å²) in [4.78, 5) is 28.6. The molecule has 1 atom stereocenters. The summed E-state index contributed by atoms with van der Waals surface area (Å²) >= 11 is 12.1. The van der Waals surface area contributed by atoms with E-state index in [0.29, 0.717) is 12.3 Å². The van der Waals surface area contributed by atoms with Crippen LogP contribution in [0, 0.1) is 5.92 Å². The summed E-state index contributed by atoms with van der Waals surface area (Å²) in [6.07, 6.45) is 2.87. The maximum Gasteiger partial charge on any atom is 0.258 e. The van der Waals surface area contributed by atoms with Crippen LogP contribution in [0.15, 0.2) is 30.3 Å². The molecule has 0 heterocycles. The number of Topliss-reactive ketones (excluding diaryl/α,β-unsaturated/α-hetero) is 1. The van der Waals surface area contributed by atoms with Crippen molar-refractivity contribution in [1.82, 2.24) is 15.1 Å². The van der Waals surface area contributed by atoms with Gasteiger partial charge in [0.2, 0.25) is 0 Å². The van der Waals surface area contributed by atoms with Crippen LogP contribution in [0.25, 0.3) is 0 Å². The number of hydrogen-bond donors (Lipinski definition) is 1. The van der Waals surface area contributed by atoms with Gasteiger partial charge in [-0.25, -0.2) is 0 Å². The van der Waals surface area contributed by atoms with E-state index >= 15 is 0 Å². The van der Waals surface area contributed by atoms with Crippen molar-refractivity contribution in [1.29, 1.82) is 0 Å². The fourth-order valence-corrected chi connectivity index (χ4v) is 4.77. The number of fused-ring (bicyclic) bond motifs is 1. The average Bonchev–Trinajstić information content (AvgIpc) is 2.83. The van der Waals surface area contributed by atoms with Crippen LogP contribution >= 0.6 is 23.2 Å². The second kappa shape index (κ2) is 14.4. The Labute approximate surface area is 224 Å². The van der Waals surface area contributed by atoms with Gasteiger partial charge in [0.05, 0.1) is 24.3 Å². The van der Waals surface area contributed by atoms with Gasteiger partial charge in [0.1, 0.15) is 5.56 Å². The first-order valence-corrected chi connectivity index (χ1v) is 12.7. The third-order valence-electron chi connectivity index (χ3n) is 5.85. The zero-order valence-corrected chi connectivity index (χ0v) is 23.5. The molecule has 198 valence electrons. The number of aryl methyl sites for hydroxylation is 1. The minimum absolute atomic E-state index is 0.190.